The van der Waals surface area contributed by atoms with Gasteiger partial charge in [0.05, 0.1) is 6.10 Å². The molecule has 1 aliphatic heterocycles. The summed E-state index contributed by atoms with van der Waals surface area (Å²) < 4.78 is 0. The average molecular weight is 215 g/mol. The first-order chi connectivity index (χ1) is 7.18. The highest BCUT2D eigenvalue weighted by molar-refractivity contribution is 5.73. The van der Waals surface area contributed by atoms with Crippen LogP contribution in [0.2, 0.25) is 0 Å². The third-order valence-corrected chi connectivity index (χ3v) is 2.60. The van der Waals surface area contributed by atoms with E-state index in [0.717, 1.165) is 19.6 Å². The second-order valence-corrected chi connectivity index (χ2v) is 4.08. The van der Waals surface area contributed by atoms with E-state index in [4.69, 9.17) is 5.73 Å². The quantitative estimate of drug-likeness (QED) is 0.471. The first-order valence-electron chi connectivity index (χ1n) is 5.58. The maximum atomic E-state index is 10.4. The predicted molar refractivity (Wildman–Crippen MR) is 58.4 cm³/mol. The molecule has 88 valence electrons. The molecule has 5 nitrogen and oxygen atoms in total. The van der Waals surface area contributed by atoms with Crippen molar-refractivity contribution in [3.63, 3.8) is 0 Å². The summed E-state index contributed by atoms with van der Waals surface area (Å²) in [5.41, 5.74) is 4.99. The van der Waals surface area contributed by atoms with Gasteiger partial charge in [-0.15, -0.1) is 0 Å². The number of carbonyl (C=O) groups is 1. The first kappa shape index (κ1) is 12.4. The lowest BCUT2D eigenvalue weighted by Crippen LogP contribution is -2.37. The Kier molecular flexibility index (Phi) is 5.60. The van der Waals surface area contributed by atoms with Crippen LogP contribution in [0.25, 0.3) is 0 Å². The van der Waals surface area contributed by atoms with Gasteiger partial charge in [-0.25, -0.2) is 0 Å². The monoisotopic (exact) mass is 215 g/mol. The minimum atomic E-state index is -0.351. The highest BCUT2D eigenvalue weighted by Crippen LogP contribution is 2.07. The lowest BCUT2D eigenvalue weighted by Gasteiger charge is -2.19. The number of aliphatic hydroxyl groups is 1. The largest absolute Gasteiger partial charge is 0.390 e. The van der Waals surface area contributed by atoms with Gasteiger partial charge in [-0.3, -0.25) is 4.79 Å². The lowest BCUT2D eigenvalue weighted by atomic mass is 10.3. The van der Waals surface area contributed by atoms with Crippen LogP contribution in [0.4, 0.5) is 0 Å². The molecule has 1 fully saturated rings. The zero-order valence-electron chi connectivity index (χ0n) is 9.11. The van der Waals surface area contributed by atoms with E-state index in [1.807, 2.05) is 0 Å². The summed E-state index contributed by atoms with van der Waals surface area (Å²) in [6.45, 7) is 4.00. The first-order valence-corrected chi connectivity index (χ1v) is 5.58. The Morgan fingerprint density at radius 3 is 2.73 bits per heavy atom. The summed E-state index contributed by atoms with van der Waals surface area (Å²) in [4.78, 5) is 12.7. The van der Waals surface area contributed by atoms with Crippen LogP contribution < -0.4 is 11.1 Å². The molecule has 0 saturated carbocycles. The number of amides is 1. The van der Waals surface area contributed by atoms with Crippen LogP contribution in [-0.2, 0) is 4.79 Å². The zero-order valence-corrected chi connectivity index (χ0v) is 9.11. The molecule has 0 aromatic rings. The zero-order chi connectivity index (χ0) is 11.1. The molecular weight excluding hydrogens is 194 g/mol. The number of rotatable bonds is 7. The minimum Gasteiger partial charge on any atom is -0.390 e. The summed E-state index contributed by atoms with van der Waals surface area (Å²) in [5.74, 6) is -0.309. The van der Waals surface area contributed by atoms with E-state index >= 15 is 0 Å². The topological polar surface area (TPSA) is 78.6 Å². The Morgan fingerprint density at radius 2 is 2.13 bits per heavy atom. The molecule has 1 amide bonds. The summed E-state index contributed by atoms with van der Waals surface area (Å²) in [6.07, 6.45) is 2.45. The Bertz CT molecular complexity index is 193. The van der Waals surface area contributed by atoms with Crippen LogP contribution >= 0.6 is 0 Å². The number of aliphatic hydroxyl groups excluding tert-OH is 1. The van der Waals surface area contributed by atoms with Crippen LogP contribution in [0.15, 0.2) is 0 Å². The standard InChI is InChI=1S/C10H21N3O2/c11-10(15)3-4-12-7-9(14)8-13-5-1-2-6-13/h9,12,14H,1-8H2,(H2,11,15). The lowest BCUT2D eigenvalue weighted by molar-refractivity contribution is -0.117. The van der Waals surface area contributed by atoms with Crippen molar-refractivity contribution in [1.82, 2.24) is 10.2 Å². The Hall–Kier alpha value is -0.650. The molecule has 1 atom stereocenters. The smallest absolute Gasteiger partial charge is 0.218 e. The van der Waals surface area contributed by atoms with Crippen molar-refractivity contribution in [3.8, 4) is 0 Å². The molecule has 1 unspecified atom stereocenters. The number of hydrogen-bond acceptors (Lipinski definition) is 4. The van der Waals surface area contributed by atoms with Gasteiger partial charge in [0.2, 0.25) is 5.91 Å². The number of β-amino-alcohol motifs (C(OH)–C–C–N with tert-alkyl or cyclic N) is 1. The number of likely N-dealkylation sites (tertiary alicyclic amines) is 1. The Balaban J connectivity index is 1.97. The predicted octanol–water partition coefficient (Wildman–Crippen LogP) is -1.09. The normalized spacial score (nSPS) is 19.3. The van der Waals surface area contributed by atoms with Crippen molar-refractivity contribution < 1.29 is 9.90 Å². The van der Waals surface area contributed by atoms with Gasteiger partial charge in [0.1, 0.15) is 0 Å². The molecule has 0 aromatic carbocycles. The van der Waals surface area contributed by atoms with Gasteiger partial charge in [-0.1, -0.05) is 0 Å². The molecule has 0 radical (unpaired) electrons. The van der Waals surface area contributed by atoms with E-state index in [9.17, 15) is 9.90 Å². The Morgan fingerprint density at radius 1 is 1.47 bits per heavy atom. The highest BCUT2D eigenvalue weighted by Gasteiger charge is 2.15. The van der Waals surface area contributed by atoms with E-state index < -0.39 is 0 Å². The average Bonchev–Trinajstić information content (AvgIpc) is 2.64. The van der Waals surface area contributed by atoms with Crippen LogP contribution in [0.1, 0.15) is 19.3 Å². The van der Waals surface area contributed by atoms with E-state index in [1.54, 1.807) is 0 Å². The van der Waals surface area contributed by atoms with E-state index in [-0.39, 0.29) is 12.0 Å². The van der Waals surface area contributed by atoms with Gasteiger partial charge in [0, 0.05) is 26.1 Å². The number of hydrogen-bond donors (Lipinski definition) is 3. The minimum absolute atomic E-state index is 0.309. The summed E-state index contributed by atoms with van der Waals surface area (Å²) in [6, 6.07) is 0. The highest BCUT2D eigenvalue weighted by atomic mass is 16.3. The number of nitrogens with zero attached hydrogens (tertiary/aromatic N) is 1. The molecule has 4 N–H and O–H groups in total. The number of nitrogens with two attached hydrogens (primary N) is 1. The van der Waals surface area contributed by atoms with Gasteiger partial charge in [0.25, 0.3) is 0 Å². The van der Waals surface area contributed by atoms with E-state index in [0.29, 0.717) is 19.5 Å². The van der Waals surface area contributed by atoms with Crippen LogP contribution in [0.5, 0.6) is 0 Å². The van der Waals surface area contributed by atoms with Crippen LogP contribution in [0, 0.1) is 0 Å². The molecule has 0 aromatic heterocycles. The Labute approximate surface area is 90.6 Å². The fraction of sp³-hybridized carbons (Fsp3) is 0.900. The molecule has 5 heteroatoms. The van der Waals surface area contributed by atoms with Gasteiger partial charge < -0.3 is 21.1 Å². The summed E-state index contributed by atoms with van der Waals surface area (Å²) >= 11 is 0. The molecule has 0 spiro atoms. The van der Waals surface area contributed by atoms with Crippen molar-refractivity contribution in [3.05, 3.63) is 0 Å². The van der Waals surface area contributed by atoms with Gasteiger partial charge in [-0.2, -0.15) is 0 Å². The molecule has 1 heterocycles. The van der Waals surface area contributed by atoms with E-state index in [1.165, 1.54) is 12.8 Å². The second-order valence-electron chi connectivity index (χ2n) is 4.08. The molecule has 1 saturated heterocycles. The fourth-order valence-corrected chi connectivity index (χ4v) is 1.81. The maximum Gasteiger partial charge on any atom is 0.218 e. The summed E-state index contributed by atoms with van der Waals surface area (Å²) in [7, 11) is 0. The SMILES string of the molecule is NC(=O)CCNCC(O)CN1CCCC1. The molecule has 1 rings (SSSR count). The van der Waals surface area contributed by atoms with Crippen LogP contribution in [-0.4, -0.2) is 54.7 Å². The van der Waals surface area contributed by atoms with E-state index in [2.05, 4.69) is 10.2 Å². The maximum absolute atomic E-state index is 10.4. The number of carbonyl (C=O) groups excluding carboxylic acids is 1. The second kappa shape index (κ2) is 6.76. The van der Waals surface area contributed by atoms with Crippen molar-refractivity contribution in [1.29, 1.82) is 0 Å². The number of primary amides is 1. The van der Waals surface area contributed by atoms with Crippen molar-refractivity contribution in [2.45, 2.75) is 25.4 Å². The van der Waals surface area contributed by atoms with Crippen LogP contribution in [0.3, 0.4) is 0 Å². The molecule has 15 heavy (non-hydrogen) atoms. The third-order valence-electron chi connectivity index (χ3n) is 2.60. The van der Waals surface area contributed by atoms with Gasteiger partial charge in [0.15, 0.2) is 0 Å². The van der Waals surface area contributed by atoms with Crippen molar-refractivity contribution >= 4 is 5.91 Å². The van der Waals surface area contributed by atoms with Crippen molar-refractivity contribution in [2.24, 2.45) is 5.73 Å². The molecular formula is C10H21N3O2. The molecule has 0 bridgehead atoms. The fourth-order valence-electron chi connectivity index (χ4n) is 1.81. The number of nitrogens with one attached hydrogen (secondary N) is 1. The van der Waals surface area contributed by atoms with Crippen molar-refractivity contribution in [2.75, 3.05) is 32.7 Å². The third kappa shape index (κ3) is 5.71. The van der Waals surface area contributed by atoms with Gasteiger partial charge >= 0.3 is 0 Å². The molecule has 0 aliphatic carbocycles. The van der Waals surface area contributed by atoms with Gasteiger partial charge in [-0.05, 0) is 25.9 Å². The molecule has 1 aliphatic rings. The summed E-state index contributed by atoms with van der Waals surface area (Å²) in [5, 5.41) is 12.7.